The number of hydrogen-bond donors (Lipinski definition) is 0. The zero-order valence-corrected chi connectivity index (χ0v) is 21.2. The molecular weight excluding hydrogens is 527 g/mol. The van der Waals surface area contributed by atoms with E-state index in [1.165, 1.54) is 33.8 Å². The number of anilines is 1. The molecule has 32 heavy (non-hydrogen) atoms. The van der Waals surface area contributed by atoms with E-state index in [0.29, 0.717) is 22.3 Å². The highest BCUT2D eigenvalue weighted by molar-refractivity contribution is 9.09. The van der Waals surface area contributed by atoms with E-state index in [1.54, 1.807) is 6.07 Å². The molecule has 0 amide bonds. The van der Waals surface area contributed by atoms with E-state index in [9.17, 15) is 21.6 Å². The Morgan fingerprint density at radius 1 is 1.09 bits per heavy atom. The molecule has 0 unspecified atom stereocenters. The Hall–Kier alpha value is -1.78. The second-order valence-electron chi connectivity index (χ2n) is 6.59. The van der Waals surface area contributed by atoms with E-state index in [-0.39, 0.29) is 18.0 Å². The molecule has 1 aromatic heterocycles. The van der Waals surface area contributed by atoms with Gasteiger partial charge in [0.1, 0.15) is 10.8 Å². The van der Waals surface area contributed by atoms with Gasteiger partial charge in [0, 0.05) is 10.0 Å². The van der Waals surface area contributed by atoms with Crippen molar-refractivity contribution in [3.05, 3.63) is 59.7 Å². The van der Waals surface area contributed by atoms with Gasteiger partial charge in [-0.3, -0.25) is 4.31 Å². The monoisotopic (exact) mass is 551 g/mol. The summed E-state index contributed by atoms with van der Waals surface area (Å²) < 4.78 is 70.2. The number of ether oxygens (including phenoxy) is 1. The van der Waals surface area contributed by atoms with Crippen LogP contribution in [0.5, 0.6) is 5.75 Å². The van der Waals surface area contributed by atoms with Gasteiger partial charge >= 0.3 is 6.36 Å². The van der Waals surface area contributed by atoms with Gasteiger partial charge in [0.15, 0.2) is 0 Å². The van der Waals surface area contributed by atoms with E-state index >= 15 is 0 Å². The number of benzene rings is 2. The molecule has 0 spiro atoms. The second kappa shape index (κ2) is 11.4. The standard InChI is InChI=1S/C20H19BrF3NO3S2.C2H6/c1-14-17-8-2-3-9-18(17)29-19(14)25(30(26,27)11-5-10-21)13-15-6-4-7-16(12-15)28-20(22,23)24;1-2/h2-4,6-9,12H,5,10-11,13H2,1H3;1-2H3. The van der Waals surface area contributed by atoms with Gasteiger partial charge in [-0.2, -0.15) is 0 Å². The molecule has 0 aliphatic carbocycles. The summed E-state index contributed by atoms with van der Waals surface area (Å²) in [5, 5.41) is 2.04. The molecule has 0 saturated heterocycles. The van der Waals surface area contributed by atoms with Crippen LogP contribution in [0.4, 0.5) is 18.2 Å². The van der Waals surface area contributed by atoms with Gasteiger partial charge in [-0.1, -0.05) is 60.1 Å². The molecule has 0 bridgehead atoms. The molecule has 0 N–H and O–H groups in total. The molecule has 0 saturated carbocycles. The number of thiophene rings is 1. The summed E-state index contributed by atoms with van der Waals surface area (Å²) in [6.45, 7) is 5.76. The van der Waals surface area contributed by atoms with E-state index in [2.05, 4.69) is 20.7 Å². The topological polar surface area (TPSA) is 46.6 Å². The summed E-state index contributed by atoms with van der Waals surface area (Å²) in [6, 6.07) is 13.0. The Balaban J connectivity index is 0.00000176. The number of fused-ring (bicyclic) bond motifs is 1. The molecular formula is C22H25BrF3NO3S2. The fourth-order valence-electron chi connectivity index (χ4n) is 3.05. The number of sulfonamides is 1. The first kappa shape index (κ1) is 26.5. The third-order valence-corrected chi connectivity index (χ3v) is 8.13. The largest absolute Gasteiger partial charge is 0.573 e. The summed E-state index contributed by atoms with van der Waals surface area (Å²) in [6.07, 6.45) is -4.40. The number of hydrogen-bond acceptors (Lipinski definition) is 4. The summed E-state index contributed by atoms with van der Waals surface area (Å²) in [5.74, 6) is -0.462. The summed E-state index contributed by atoms with van der Waals surface area (Å²) in [4.78, 5) is 0. The highest BCUT2D eigenvalue weighted by atomic mass is 79.9. The molecule has 1 heterocycles. The lowest BCUT2D eigenvalue weighted by molar-refractivity contribution is -0.274. The van der Waals surface area contributed by atoms with Crippen molar-refractivity contribution >= 4 is 52.4 Å². The fraction of sp³-hybridized carbons (Fsp3) is 0.364. The van der Waals surface area contributed by atoms with E-state index in [4.69, 9.17) is 0 Å². The zero-order valence-electron chi connectivity index (χ0n) is 17.9. The molecule has 10 heteroatoms. The third kappa shape index (κ3) is 6.86. The normalized spacial score (nSPS) is 11.7. The van der Waals surface area contributed by atoms with Gasteiger partial charge in [0.25, 0.3) is 0 Å². The van der Waals surface area contributed by atoms with Crippen molar-refractivity contribution in [3.63, 3.8) is 0 Å². The molecule has 0 aliphatic rings. The van der Waals surface area contributed by atoms with E-state index in [1.807, 2.05) is 45.0 Å². The molecule has 2 aromatic carbocycles. The maximum Gasteiger partial charge on any atom is 0.573 e. The van der Waals surface area contributed by atoms with Crippen LogP contribution in [0.25, 0.3) is 10.1 Å². The number of aryl methyl sites for hydroxylation is 1. The first-order valence-electron chi connectivity index (χ1n) is 10.00. The highest BCUT2D eigenvalue weighted by Gasteiger charge is 2.31. The van der Waals surface area contributed by atoms with Crippen LogP contribution in [0.3, 0.4) is 0 Å². The highest BCUT2D eigenvalue weighted by Crippen LogP contribution is 2.40. The lowest BCUT2D eigenvalue weighted by Gasteiger charge is -2.24. The number of halogens is 4. The molecule has 3 rings (SSSR count). The molecule has 176 valence electrons. The van der Waals surface area contributed by atoms with Gasteiger partial charge in [-0.05, 0) is 48.1 Å². The van der Waals surface area contributed by atoms with Crippen LogP contribution in [0.2, 0.25) is 0 Å². The van der Waals surface area contributed by atoms with Crippen LogP contribution in [0, 0.1) is 6.92 Å². The molecule has 0 atom stereocenters. The first-order chi connectivity index (χ1) is 15.1. The van der Waals surface area contributed by atoms with E-state index < -0.39 is 16.4 Å². The van der Waals surface area contributed by atoms with Gasteiger partial charge in [0.05, 0.1) is 12.3 Å². The zero-order chi connectivity index (χ0) is 23.9. The second-order valence-corrected chi connectivity index (χ2v) is 10.4. The maximum absolute atomic E-state index is 13.1. The summed E-state index contributed by atoms with van der Waals surface area (Å²) >= 11 is 4.60. The Morgan fingerprint density at radius 2 is 1.78 bits per heavy atom. The fourth-order valence-corrected chi connectivity index (χ4v) is 6.73. The van der Waals surface area contributed by atoms with Crippen LogP contribution < -0.4 is 9.04 Å². The molecule has 4 nitrogen and oxygen atoms in total. The quantitative estimate of drug-likeness (QED) is 0.277. The molecule has 0 fully saturated rings. The van der Waals surface area contributed by atoms with Crippen molar-refractivity contribution < 1.29 is 26.3 Å². The number of rotatable bonds is 8. The van der Waals surface area contributed by atoms with Gasteiger partial charge in [-0.25, -0.2) is 8.42 Å². The van der Waals surface area contributed by atoms with E-state index in [0.717, 1.165) is 15.6 Å². The van der Waals surface area contributed by atoms with Crippen molar-refractivity contribution in [1.29, 1.82) is 0 Å². The Labute approximate surface area is 199 Å². The predicted octanol–water partition coefficient (Wildman–Crippen LogP) is 7.26. The third-order valence-electron chi connectivity index (χ3n) is 4.37. The lowest BCUT2D eigenvalue weighted by atomic mass is 10.2. The Bertz CT molecular complexity index is 1130. The van der Waals surface area contributed by atoms with Crippen molar-refractivity contribution in [1.82, 2.24) is 0 Å². The van der Waals surface area contributed by atoms with Gasteiger partial charge in [0.2, 0.25) is 10.0 Å². The predicted molar refractivity (Wildman–Crippen MR) is 129 cm³/mol. The van der Waals surface area contributed by atoms with Crippen LogP contribution in [-0.2, 0) is 16.6 Å². The SMILES string of the molecule is CC.Cc1c(N(Cc2cccc(OC(F)(F)F)c2)S(=O)(=O)CCCBr)sc2ccccc12. The lowest BCUT2D eigenvalue weighted by Crippen LogP contribution is -2.32. The van der Waals surface area contributed by atoms with Crippen molar-refractivity contribution in [2.45, 2.75) is 40.1 Å². The number of nitrogens with zero attached hydrogens (tertiary/aromatic N) is 1. The minimum atomic E-state index is -4.82. The van der Waals surface area contributed by atoms with Crippen molar-refractivity contribution in [2.24, 2.45) is 0 Å². The smallest absolute Gasteiger partial charge is 0.406 e. The van der Waals surface area contributed by atoms with Crippen molar-refractivity contribution in [3.8, 4) is 5.75 Å². The van der Waals surface area contributed by atoms with Crippen molar-refractivity contribution in [2.75, 3.05) is 15.4 Å². The Kier molecular flexibility index (Phi) is 9.41. The summed E-state index contributed by atoms with van der Waals surface area (Å²) in [7, 11) is -3.70. The maximum atomic E-state index is 13.1. The van der Waals surface area contributed by atoms with Gasteiger partial charge < -0.3 is 4.74 Å². The van der Waals surface area contributed by atoms with Gasteiger partial charge in [-0.15, -0.1) is 24.5 Å². The van der Waals surface area contributed by atoms with Crippen LogP contribution in [0.1, 0.15) is 31.4 Å². The minimum Gasteiger partial charge on any atom is -0.406 e. The first-order valence-corrected chi connectivity index (χ1v) is 13.5. The molecule has 0 aliphatic heterocycles. The van der Waals surface area contributed by atoms with Crippen LogP contribution >= 0.6 is 27.3 Å². The Morgan fingerprint density at radius 3 is 2.41 bits per heavy atom. The molecule has 0 radical (unpaired) electrons. The van der Waals surface area contributed by atoms with Crippen LogP contribution in [0.15, 0.2) is 48.5 Å². The van der Waals surface area contributed by atoms with Crippen LogP contribution in [-0.4, -0.2) is 25.9 Å². The average Bonchev–Trinajstić information content (AvgIpc) is 3.07. The summed E-state index contributed by atoms with van der Waals surface area (Å²) in [5.41, 5.74) is 1.22. The molecule has 3 aromatic rings. The average molecular weight is 552 g/mol. The number of alkyl halides is 4. The minimum absolute atomic E-state index is 0.0787.